The number of nitrogens with one attached hydrogen (secondary N) is 2. The summed E-state index contributed by atoms with van der Waals surface area (Å²) in [6.07, 6.45) is 5.12. The molecule has 1 atom stereocenters. The molecule has 1 heterocycles. The summed E-state index contributed by atoms with van der Waals surface area (Å²) < 4.78 is 0. The van der Waals surface area contributed by atoms with E-state index in [1.54, 1.807) is 0 Å². The maximum Gasteiger partial charge on any atom is 0.220 e. The summed E-state index contributed by atoms with van der Waals surface area (Å²) in [6, 6.07) is 11.1. The van der Waals surface area contributed by atoms with Crippen molar-refractivity contribution in [2.24, 2.45) is 16.6 Å². The van der Waals surface area contributed by atoms with Crippen LogP contribution in [0.25, 0.3) is 0 Å². The number of aliphatic imine (C=N–C) groups is 1. The SMILES string of the molecule is CN=C(NCCCCN1CCC(C(N)=O)CC1)NCCC(C)N(C)Cc1ccccc1.I. The van der Waals surface area contributed by atoms with E-state index >= 15 is 0 Å². The van der Waals surface area contributed by atoms with Crippen LogP contribution in [0.3, 0.4) is 0 Å². The number of halogens is 1. The maximum absolute atomic E-state index is 11.2. The molecule has 1 fully saturated rings. The van der Waals surface area contributed by atoms with Crippen LogP contribution < -0.4 is 16.4 Å². The van der Waals surface area contributed by atoms with Crippen LogP contribution in [0.2, 0.25) is 0 Å². The summed E-state index contributed by atoms with van der Waals surface area (Å²) in [5, 5.41) is 6.85. The number of primary amides is 1. The first-order valence-corrected chi connectivity index (χ1v) is 11.7. The van der Waals surface area contributed by atoms with Crippen molar-refractivity contribution in [1.29, 1.82) is 0 Å². The predicted octanol–water partition coefficient (Wildman–Crippen LogP) is 2.66. The standard InChI is InChI=1S/C24H42N6O.HI/c1-20(29(3)19-21-9-5-4-6-10-21)11-15-28-24(26-2)27-14-7-8-16-30-17-12-22(13-18-30)23(25)31;/h4-6,9-10,20,22H,7-8,11-19H2,1-3H3,(H2,25,31)(H2,26,27,28);1H. The number of hydrogen-bond donors (Lipinski definition) is 3. The Bertz CT molecular complexity index is 664. The van der Waals surface area contributed by atoms with E-state index in [-0.39, 0.29) is 35.8 Å². The monoisotopic (exact) mass is 558 g/mol. The van der Waals surface area contributed by atoms with Crippen LogP contribution in [0.15, 0.2) is 35.3 Å². The van der Waals surface area contributed by atoms with Crippen LogP contribution in [-0.4, -0.2) is 74.5 Å². The fourth-order valence-electron chi connectivity index (χ4n) is 3.98. The lowest BCUT2D eigenvalue weighted by molar-refractivity contribution is -0.123. The summed E-state index contributed by atoms with van der Waals surface area (Å²) in [6.45, 7) is 8.12. The zero-order valence-electron chi connectivity index (χ0n) is 20.1. The number of nitrogens with two attached hydrogens (primary N) is 1. The second-order valence-corrected chi connectivity index (χ2v) is 8.69. The van der Waals surface area contributed by atoms with E-state index in [1.165, 1.54) is 5.56 Å². The number of hydrogen-bond acceptors (Lipinski definition) is 4. The average molecular weight is 559 g/mol. The van der Waals surface area contributed by atoms with Gasteiger partial charge in [-0.2, -0.15) is 0 Å². The van der Waals surface area contributed by atoms with Crippen LogP contribution in [-0.2, 0) is 11.3 Å². The minimum Gasteiger partial charge on any atom is -0.369 e. The fourth-order valence-corrected chi connectivity index (χ4v) is 3.98. The van der Waals surface area contributed by atoms with Gasteiger partial charge in [-0.25, -0.2) is 0 Å². The van der Waals surface area contributed by atoms with Gasteiger partial charge in [0.05, 0.1) is 0 Å². The van der Waals surface area contributed by atoms with Gasteiger partial charge >= 0.3 is 0 Å². The molecule has 7 nitrogen and oxygen atoms in total. The first kappa shape index (κ1) is 28.6. The molecule has 0 saturated carbocycles. The molecule has 182 valence electrons. The van der Waals surface area contributed by atoms with Crippen molar-refractivity contribution in [2.45, 2.75) is 51.6 Å². The van der Waals surface area contributed by atoms with Crippen molar-refractivity contribution < 1.29 is 4.79 Å². The van der Waals surface area contributed by atoms with Crippen LogP contribution in [0.1, 0.15) is 44.6 Å². The van der Waals surface area contributed by atoms with Crippen molar-refractivity contribution >= 4 is 35.8 Å². The van der Waals surface area contributed by atoms with Gasteiger partial charge in [0.25, 0.3) is 0 Å². The second kappa shape index (κ2) is 16.3. The van der Waals surface area contributed by atoms with Gasteiger partial charge in [0, 0.05) is 38.6 Å². The summed E-state index contributed by atoms with van der Waals surface area (Å²) >= 11 is 0. The molecule has 1 amide bonds. The van der Waals surface area contributed by atoms with Gasteiger partial charge in [0.2, 0.25) is 5.91 Å². The van der Waals surface area contributed by atoms with Gasteiger partial charge in [-0.15, -0.1) is 24.0 Å². The molecule has 0 radical (unpaired) electrons. The lowest BCUT2D eigenvalue weighted by Gasteiger charge is -2.30. The zero-order valence-corrected chi connectivity index (χ0v) is 22.4. The number of carbonyl (C=O) groups excluding carboxylic acids is 1. The van der Waals surface area contributed by atoms with Crippen LogP contribution in [0.4, 0.5) is 0 Å². The normalized spacial score (nSPS) is 16.4. The highest BCUT2D eigenvalue weighted by atomic mass is 127. The molecule has 1 aromatic carbocycles. The first-order chi connectivity index (χ1) is 15.0. The minimum absolute atomic E-state index is 0. The zero-order chi connectivity index (χ0) is 22.5. The number of carbonyl (C=O) groups is 1. The second-order valence-electron chi connectivity index (χ2n) is 8.69. The lowest BCUT2D eigenvalue weighted by Crippen LogP contribution is -2.41. The molecule has 8 heteroatoms. The largest absolute Gasteiger partial charge is 0.369 e. The van der Waals surface area contributed by atoms with E-state index in [0.29, 0.717) is 6.04 Å². The van der Waals surface area contributed by atoms with Crippen LogP contribution in [0.5, 0.6) is 0 Å². The molecule has 1 aromatic rings. The highest BCUT2D eigenvalue weighted by Gasteiger charge is 2.22. The van der Waals surface area contributed by atoms with E-state index in [9.17, 15) is 4.79 Å². The van der Waals surface area contributed by atoms with Gasteiger partial charge in [-0.3, -0.25) is 14.7 Å². The number of nitrogens with zero attached hydrogens (tertiary/aromatic N) is 3. The quantitative estimate of drug-likeness (QED) is 0.159. The first-order valence-electron chi connectivity index (χ1n) is 11.7. The number of likely N-dealkylation sites (tertiary alicyclic amines) is 1. The third kappa shape index (κ3) is 11.0. The summed E-state index contributed by atoms with van der Waals surface area (Å²) in [5.41, 5.74) is 6.75. The molecule has 4 N–H and O–H groups in total. The Morgan fingerprint density at radius 2 is 1.84 bits per heavy atom. The number of rotatable bonds is 12. The Kier molecular flexibility index (Phi) is 14.6. The molecule has 0 aromatic heterocycles. The molecule has 0 bridgehead atoms. The highest BCUT2D eigenvalue weighted by Crippen LogP contribution is 2.16. The summed E-state index contributed by atoms with van der Waals surface area (Å²) in [5.74, 6) is 0.813. The topological polar surface area (TPSA) is 86.0 Å². The molecule has 1 aliphatic rings. The minimum atomic E-state index is -0.139. The van der Waals surface area contributed by atoms with Crippen molar-refractivity contribution in [3.63, 3.8) is 0 Å². The Labute approximate surface area is 211 Å². The Morgan fingerprint density at radius 3 is 2.47 bits per heavy atom. The van der Waals surface area contributed by atoms with E-state index < -0.39 is 0 Å². The van der Waals surface area contributed by atoms with Gasteiger partial charge in [-0.1, -0.05) is 30.3 Å². The molecule has 1 saturated heterocycles. The molecular formula is C24H43IN6O. The van der Waals surface area contributed by atoms with Crippen LogP contribution in [0, 0.1) is 5.92 Å². The number of unbranched alkanes of at least 4 members (excludes halogenated alkanes) is 1. The summed E-state index contributed by atoms with van der Waals surface area (Å²) in [7, 11) is 4.00. The average Bonchev–Trinajstić information content (AvgIpc) is 2.78. The van der Waals surface area contributed by atoms with Gasteiger partial charge in [-0.05, 0) is 71.3 Å². The molecule has 1 unspecified atom stereocenters. The van der Waals surface area contributed by atoms with Crippen molar-refractivity contribution in [3.05, 3.63) is 35.9 Å². The van der Waals surface area contributed by atoms with Crippen molar-refractivity contribution in [3.8, 4) is 0 Å². The Balaban J connectivity index is 0.00000512. The van der Waals surface area contributed by atoms with Crippen molar-refractivity contribution in [2.75, 3.05) is 46.8 Å². The van der Waals surface area contributed by atoms with Crippen molar-refractivity contribution in [1.82, 2.24) is 20.4 Å². The fraction of sp³-hybridized carbons (Fsp3) is 0.667. The molecule has 2 rings (SSSR count). The molecular weight excluding hydrogens is 515 g/mol. The predicted molar refractivity (Wildman–Crippen MR) is 144 cm³/mol. The number of benzene rings is 1. The third-order valence-corrected chi connectivity index (χ3v) is 6.29. The molecule has 0 aliphatic carbocycles. The number of amides is 1. The molecule has 1 aliphatic heterocycles. The van der Waals surface area contributed by atoms with Gasteiger partial charge in [0.15, 0.2) is 5.96 Å². The number of piperidine rings is 1. The Morgan fingerprint density at radius 1 is 1.19 bits per heavy atom. The van der Waals surface area contributed by atoms with E-state index in [0.717, 1.165) is 77.3 Å². The smallest absolute Gasteiger partial charge is 0.220 e. The lowest BCUT2D eigenvalue weighted by atomic mass is 9.96. The van der Waals surface area contributed by atoms with Gasteiger partial charge < -0.3 is 21.3 Å². The molecule has 0 spiro atoms. The van der Waals surface area contributed by atoms with E-state index in [1.807, 2.05) is 7.05 Å². The molecule has 32 heavy (non-hydrogen) atoms. The highest BCUT2D eigenvalue weighted by molar-refractivity contribution is 14.0. The van der Waals surface area contributed by atoms with Gasteiger partial charge in [0.1, 0.15) is 0 Å². The van der Waals surface area contributed by atoms with E-state index in [4.69, 9.17) is 5.73 Å². The van der Waals surface area contributed by atoms with E-state index in [2.05, 4.69) is 69.7 Å². The van der Waals surface area contributed by atoms with Crippen LogP contribution >= 0.6 is 24.0 Å². The number of guanidine groups is 1. The summed E-state index contributed by atoms with van der Waals surface area (Å²) in [4.78, 5) is 20.4. The Hall–Kier alpha value is -1.39. The maximum atomic E-state index is 11.2. The third-order valence-electron chi connectivity index (χ3n) is 6.29.